The summed E-state index contributed by atoms with van der Waals surface area (Å²) < 4.78 is 0. The summed E-state index contributed by atoms with van der Waals surface area (Å²) in [5, 5.41) is 19.6. The molecule has 0 saturated heterocycles. The maximum Gasteiger partial charge on any atom is 0.326 e. The predicted molar refractivity (Wildman–Crippen MR) is 62.7 cm³/mol. The van der Waals surface area contributed by atoms with Gasteiger partial charge in [0.05, 0.1) is 6.04 Å². The Balaban J connectivity index is 4.22. The molecule has 0 saturated carbocycles. The van der Waals surface area contributed by atoms with Crippen LogP contribution in [0.5, 0.6) is 0 Å². The van der Waals surface area contributed by atoms with Gasteiger partial charge in [-0.05, 0) is 25.8 Å². The highest BCUT2D eigenvalue weighted by atomic mass is 16.4. The third-order valence-corrected chi connectivity index (χ3v) is 2.32. The van der Waals surface area contributed by atoms with E-state index in [1.807, 2.05) is 0 Å². The molecule has 0 aromatic rings. The van der Waals surface area contributed by atoms with Crippen LogP contribution in [0, 0.1) is 0 Å². The third-order valence-electron chi connectivity index (χ3n) is 2.32. The molecule has 0 aromatic heterocycles. The number of aliphatic carboxylic acids is 2. The van der Waals surface area contributed by atoms with E-state index in [4.69, 9.17) is 21.7 Å². The van der Waals surface area contributed by atoms with Gasteiger partial charge in [0.25, 0.3) is 0 Å². The second-order valence-electron chi connectivity index (χ2n) is 3.87. The summed E-state index contributed by atoms with van der Waals surface area (Å²) in [5.41, 5.74) is 10.7. The first kappa shape index (κ1) is 16.3. The maximum absolute atomic E-state index is 11.5. The molecule has 18 heavy (non-hydrogen) atoms. The minimum absolute atomic E-state index is 0.0373. The Morgan fingerprint density at radius 2 is 1.78 bits per heavy atom. The molecule has 0 aliphatic heterocycles. The number of carboxylic acids is 2. The standard InChI is InChI=1S/C10H19N3O5/c11-5-1-2-7(10(17)18)13-9(16)6(12)3-4-8(14)15/h6-7H,1-5,11-12H2,(H,13,16)(H,14,15)(H,17,18). The van der Waals surface area contributed by atoms with Gasteiger partial charge < -0.3 is 27.0 Å². The minimum atomic E-state index is -1.16. The highest BCUT2D eigenvalue weighted by molar-refractivity contribution is 5.87. The number of carbonyl (C=O) groups is 3. The smallest absolute Gasteiger partial charge is 0.326 e. The van der Waals surface area contributed by atoms with Crippen molar-refractivity contribution in [1.29, 1.82) is 0 Å². The number of amides is 1. The molecule has 0 aliphatic rings. The third kappa shape index (κ3) is 6.81. The van der Waals surface area contributed by atoms with Crippen molar-refractivity contribution in [3.63, 3.8) is 0 Å². The molecular formula is C10H19N3O5. The van der Waals surface area contributed by atoms with Crippen LogP contribution in [0.2, 0.25) is 0 Å². The van der Waals surface area contributed by atoms with Crippen molar-refractivity contribution < 1.29 is 24.6 Å². The van der Waals surface area contributed by atoms with Crippen LogP contribution in [0.1, 0.15) is 25.7 Å². The first-order valence-corrected chi connectivity index (χ1v) is 5.59. The van der Waals surface area contributed by atoms with E-state index >= 15 is 0 Å². The minimum Gasteiger partial charge on any atom is -0.481 e. The molecule has 7 N–H and O–H groups in total. The Hall–Kier alpha value is -1.67. The Bertz CT molecular complexity index is 308. The number of hydrogen-bond acceptors (Lipinski definition) is 5. The van der Waals surface area contributed by atoms with Gasteiger partial charge >= 0.3 is 11.9 Å². The maximum atomic E-state index is 11.5. The van der Waals surface area contributed by atoms with Gasteiger partial charge in [-0.15, -0.1) is 0 Å². The summed E-state index contributed by atoms with van der Waals surface area (Å²) in [4.78, 5) is 32.7. The Kier molecular flexibility index (Phi) is 7.64. The lowest BCUT2D eigenvalue weighted by molar-refractivity contribution is -0.142. The number of rotatable bonds is 9. The van der Waals surface area contributed by atoms with Crippen molar-refractivity contribution in [2.75, 3.05) is 6.54 Å². The Morgan fingerprint density at radius 3 is 2.22 bits per heavy atom. The summed E-state index contributed by atoms with van der Waals surface area (Å²) in [6.45, 7) is 0.324. The van der Waals surface area contributed by atoms with Gasteiger partial charge in [0.1, 0.15) is 6.04 Å². The molecule has 2 atom stereocenters. The van der Waals surface area contributed by atoms with Gasteiger partial charge in [-0.3, -0.25) is 9.59 Å². The molecule has 0 spiro atoms. The lowest BCUT2D eigenvalue weighted by Crippen LogP contribution is -2.48. The molecule has 0 aromatic carbocycles. The number of nitrogens with one attached hydrogen (secondary N) is 1. The zero-order valence-corrected chi connectivity index (χ0v) is 9.96. The van der Waals surface area contributed by atoms with Crippen LogP contribution in [0.3, 0.4) is 0 Å². The zero-order chi connectivity index (χ0) is 14.1. The lowest BCUT2D eigenvalue weighted by Gasteiger charge is -2.17. The van der Waals surface area contributed by atoms with E-state index in [2.05, 4.69) is 5.32 Å². The van der Waals surface area contributed by atoms with Crippen LogP contribution in [-0.2, 0) is 14.4 Å². The van der Waals surface area contributed by atoms with E-state index < -0.39 is 29.9 Å². The largest absolute Gasteiger partial charge is 0.481 e. The summed E-state index contributed by atoms with van der Waals surface area (Å²) >= 11 is 0. The molecule has 2 unspecified atom stereocenters. The van der Waals surface area contributed by atoms with Crippen LogP contribution in [0.4, 0.5) is 0 Å². The van der Waals surface area contributed by atoms with Gasteiger partial charge in [-0.25, -0.2) is 4.79 Å². The number of carboxylic acid groups (broad SMARTS) is 2. The summed E-state index contributed by atoms with van der Waals surface area (Å²) in [7, 11) is 0. The fourth-order valence-corrected chi connectivity index (χ4v) is 1.27. The molecule has 0 fully saturated rings. The van der Waals surface area contributed by atoms with Crippen molar-refractivity contribution in [2.24, 2.45) is 11.5 Å². The quantitative estimate of drug-likeness (QED) is 0.337. The number of carbonyl (C=O) groups excluding carboxylic acids is 1. The van der Waals surface area contributed by atoms with Gasteiger partial charge in [0.15, 0.2) is 0 Å². The average Bonchev–Trinajstić information content (AvgIpc) is 2.30. The first-order valence-electron chi connectivity index (χ1n) is 5.59. The van der Waals surface area contributed by atoms with Gasteiger partial charge in [-0.1, -0.05) is 0 Å². The van der Waals surface area contributed by atoms with Gasteiger partial charge in [0, 0.05) is 6.42 Å². The summed E-state index contributed by atoms with van der Waals surface area (Å²) in [6, 6.07) is -2.07. The van der Waals surface area contributed by atoms with Crippen LogP contribution in [-0.4, -0.2) is 46.7 Å². The molecular weight excluding hydrogens is 242 g/mol. The lowest BCUT2D eigenvalue weighted by atomic mass is 10.1. The van der Waals surface area contributed by atoms with E-state index in [0.717, 1.165) is 0 Å². The van der Waals surface area contributed by atoms with Gasteiger partial charge in [0.2, 0.25) is 5.91 Å². The van der Waals surface area contributed by atoms with Crippen LogP contribution < -0.4 is 16.8 Å². The molecule has 0 heterocycles. The van der Waals surface area contributed by atoms with E-state index in [9.17, 15) is 14.4 Å². The molecule has 8 heteroatoms. The topological polar surface area (TPSA) is 156 Å². The Labute approximate surface area is 104 Å². The van der Waals surface area contributed by atoms with E-state index in [-0.39, 0.29) is 19.3 Å². The van der Waals surface area contributed by atoms with Crippen LogP contribution in [0.15, 0.2) is 0 Å². The van der Waals surface area contributed by atoms with Crippen LogP contribution >= 0.6 is 0 Å². The van der Waals surface area contributed by atoms with Crippen molar-refractivity contribution in [3.8, 4) is 0 Å². The van der Waals surface area contributed by atoms with Crippen LogP contribution in [0.25, 0.3) is 0 Å². The highest BCUT2D eigenvalue weighted by Gasteiger charge is 2.22. The molecule has 0 rings (SSSR count). The molecule has 0 bridgehead atoms. The van der Waals surface area contributed by atoms with E-state index in [1.54, 1.807) is 0 Å². The highest BCUT2D eigenvalue weighted by Crippen LogP contribution is 2.00. The SMILES string of the molecule is NCCCC(NC(=O)C(N)CCC(=O)O)C(=O)O. The second-order valence-corrected chi connectivity index (χ2v) is 3.87. The zero-order valence-electron chi connectivity index (χ0n) is 9.96. The van der Waals surface area contributed by atoms with Crippen molar-refractivity contribution in [2.45, 2.75) is 37.8 Å². The average molecular weight is 261 g/mol. The number of hydrogen-bond donors (Lipinski definition) is 5. The van der Waals surface area contributed by atoms with E-state index in [0.29, 0.717) is 13.0 Å². The normalized spacial score (nSPS) is 13.7. The fourth-order valence-electron chi connectivity index (χ4n) is 1.27. The van der Waals surface area contributed by atoms with Gasteiger partial charge in [-0.2, -0.15) is 0 Å². The van der Waals surface area contributed by atoms with E-state index in [1.165, 1.54) is 0 Å². The molecule has 104 valence electrons. The monoisotopic (exact) mass is 261 g/mol. The van der Waals surface area contributed by atoms with Crippen molar-refractivity contribution in [1.82, 2.24) is 5.32 Å². The molecule has 8 nitrogen and oxygen atoms in total. The summed E-state index contributed by atoms with van der Waals surface area (Å²) in [6.07, 6.45) is 0.393. The molecule has 1 amide bonds. The Morgan fingerprint density at radius 1 is 1.17 bits per heavy atom. The summed E-state index contributed by atoms with van der Waals surface area (Å²) in [5.74, 6) is -2.89. The van der Waals surface area contributed by atoms with Crippen molar-refractivity contribution in [3.05, 3.63) is 0 Å². The molecule has 0 aliphatic carbocycles. The molecule has 0 radical (unpaired) electrons. The first-order chi connectivity index (χ1) is 8.38. The second kappa shape index (κ2) is 8.43. The van der Waals surface area contributed by atoms with Crippen molar-refractivity contribution >= 4 is 17.8 Å². The predicted octanol–water partition coefficient (Wildman–Crippen LogP) is -1.51. The number of nitrogens with two attached hydrogens (primary N) is 2. The fraction of sp³-hybridized carbons (Fsp3) is 0.700.